The Morgan fingerprint density at radius 2 is 1.65 bits per heavy atom. The van der Waals surface area contributed by atoms with Gasteiger partial charge in [-0.2, -0.15) is 4.98 Å². The van der Waals surface area contributed by atoms with Crippen molar-refractivity contribution >= 4 is 11.6 Å². The van der Waals surface area contributed by atoms with Crippen LogP contribution in [0.3, 0.4) is 0 Å². The topological polar surface area (TPSA) is 86.5 Å². The summed E-state index contributed by atoms with van der Waals surface area (Å²) in [7, 11) is 0. The number of nitrogens with zero attached hydrogens (tertiary/aromatic N) is 2. The quantitative estimate of drug-likeness (QED) is 0.445. The molecule has 0 saturated heterocycles. The van der Waals surface area contributed by atoms with Crippen LogP contribution in [0.5, 0.6) is 11.5 Å². The lowest BCUT2D eigenvalue weighted by molar-refractivity contribution is 0.102. The Kier molecular flexibility index (Phi) is 6.23. The molecule has 7 nitrogen and oxygen atoms in total. The van der Waals surface area contributed by atoms with Crippen LogP contribution in [0, 0.1) is 6.92 Å². The van der Waals surface area contributed by atoms with Gasteiger partial charge in [-0.15, -0.1) is 0 Å². The first-order valence-electron chi connectivity index (χ1n) is 9.76. The molecule has 0 aliphatic heterocycles. The van der Waals surface area contributed by atoms with Crippen molar-refractivity contribution in [2.75, 3.05) is 5.32 Å². The third-order valence-electron chi connectivity index (χ3n) is 4.42. The summed E-state index contributed by atoms with van der Waals surface area (Å²) in [4.78, 5) is 16.9. The maximum atomic E-state index is 12.8. The molecular formula is C24H21N3O4. The predicted octanol–water partition coefficient (Wildman–Crippen LogP) is 4.79. The fraction of sp³-hybridized carbons (Fsp3) is 0.125. The van der Waals surface area contributed by atoms with Crippen LogP contribution in [0.4, 0.5) is 5.69 Å². The van der Waals surface area contributed by atoms with Crippen molar-refractivity contribution in [3.8, 4) is 11.5 Å². The van der Waals surface area contributed by atoms with Gasteiger partial charge in [-0.05, 0) is 42.0 Å². The lowest BCUT2D eigenvalue weighted by Gasteiger charge is -2.11. The molecule has 7 heteroatoms. The molecule has 1 aromatic heterocycles. The summed E-state index contributed by atoms with van der Waals surface area (Å²) in [6.07, 6.45) is 0. The Morgan fingerprint density at radius 1 is 0.903 bits per heavy atom. The number of amides is 1. The molecule has 4 aromatic rings. The molecule has 1 amide bonds. The van der Waals surface area contributed by atoms with E-state index in [0.29, 0.717) is 35.3 Å². The SMILES string of the molecule is Cc1nc(COc2ccccc2C(=O)Nc2ccc(OCc3ccccc3)cc2)no1. The second-order valence-electron chi connectivity index (χ2n) is 6.77. The number of rotatable bonds is 8. The molecule has 3 aromatic carbocycles. The van der Waals surface area contributed by atoms with E-state index in [9.17, 15) is 4.79 Å². The average molecular weight is 415 g/mol. The standard InChI is InChI=1S/C24H21N3O4/c1-17-25-23(27-31-17)16-30-22-10-6-5-9-21(22)24(28)26-19-11-13-20(14-12-19)29-15-18-7-3-2-4-8-18/h2-14H,15-16H2,1H3,(H,26,28). The van der Waals surface area contributed by atoms with Gasteiger partial charge < -0.3 is 19.3 Å². The van der Waals surface area contributed by atoms with Crippen LogP contribution < -0.4 is 14.8 Å². The maximum absolute atomic E-state index is 12.8. The van der Waals surface area contributed by atoms with Gasteiger partial charge in [0.05, 0.1) is 5.56 Å². The Morgan fingerprint density at radius 3 is 2.39 bits per heavy atom. The lowest BCUT2D eigenvalue weighted by Crippen LogP contribution is -2.13. The third-order valence-corrected chi connectivity index (χ3v) is 4.42. The highest BCUT2D eigenvalue weighted by Gasteiger charge is 2.14. The second kappa shape index (κ2) is 9.58. The zero-order chi connectivity index (χ0) is 21.5. The first-order valence-corrected chi connectivity index (χ1v) is 9.76. The minimum atomic E-state index is -0.280. The first kappa shape index (κ1) is 20.2. The molecule has 1 N–H and O–H groups in total. The van der Waals surface area contributed by atoms with E-state index in [1.54, 1.807) is 43.3 Å². The van der Waals surface area contributed by atoms with Gasteiger partial charge in [0.2, 0.25) is 11.7 Å². The number of anilines is 1. The Labute approximate surface area is 179 Å². The number of ether oxygens (including phenoxy) is 2. The lowest BCUT2D eigenvalue weighted by atomic mass is 10.2. The molecule has 0 radical (unpaired) electrons. The van der Waals surface area contributed by atoms with E-state index >= 15 is 0 Å². The van der Waals surface area contributed by atoms with Crippen LogP contribution in [-0.4, -0.2) is 16.0 Å². The highest BCUT2D eigenvalue weighted by Crippen LogP contribution is 2.22. The number of nitrogens with one attached hydrogen (secondary N) is 1. The molecule has 0 saturated carbocycles. The van der Waals surface area contributed by atoms with Crippen molar-refractivity contribution in [1.82, 2.24) is 10.1 Å². The first-order chi connectivity index (χ1) is 15.2. The van der Waals surface area contributed by atoms with Gasteiger partial charge in [-0.3, -0.25) is 4.79 Å². The summed E-state index contributed by atoms with van der Waals surface area (Å²) in [5, 5.41) is 6.67. The molecule has 0 atom stereocenters. The number of aromatic nitrogens is 2. The van der Waals surface area contributed by atoms with E-state index < -0.39 is 0 Å². The van der Waals surface area contributed by atoms with E-state index in [-0.39, 0.29) is 12.5 Å². The van der Waals surface area contributed by atoms with Gasteiger partial charge in [0.25, 0.3) is 5.91 Å². The summed E-state index contributed by atoms with van der Waals surface area (Å²) < 4.78 is 16.4. The highest BCUT2D eigenvalue weighted by molar-refractivity contribution is 6.06. The van der Waals surface area contributed by atoms with Crippen molar-refractivity contribution in [1.29, 1.82) is 0 Å². The molecule has 0 bridgehead atoms. The molecule has 1 heterocycles. The number of carbonyl (C=O) groups is 1. The van der Waals surface area contributed by atoms with Crippen LogP contribution in [0.1, 0.15) is 27.6 Å². The largest absolute Gasteiger partial charge is 0.489 e. The Balaban J connectivity index is 1.36. The van der Waals surface area contributed by atoms with Crippen LogP contribution in [0.25, 0.3) is 0 Å². The minimum Gasteiger partial charge on any atom is -0.489 e. The summed E-state index contributed by atoms with van der Waals surface area (Å²) in [6.45, 7) is 2.29. The second-order valence-corrected chi connectivity index (χ2v) is 6.77. The highest BCUT2D eigenvalue weighted by atomic mass is 16.5. The molecule has 0 spiro atoms. The van der Waals surface area contributed by atoms with E-state index in [0.717, 1.165) is 11.3 Å². The van der Waals surface area contributed by atoms with Gasteiger partial charge in [0.1, 0.15) is 18.1 Å². The molecule has 31 heavy (non-hydrogen) atoms. The number of hydrogen-bond donors (Lipinski definition) is 1. The fourth-order valence-electron chi connectivity index (χ4n) is 2.90. The number of aryl methyl sites for hydroxylation is 1. The van der Waals surface area contributed by atoms with Gasteiger partial charge in [-0.1, -0.05) is 47.6 Å². The normalized spacial score (nSPS) is 10.5. The molecule has 0 aliphatic carbocycles. The number of hydrogen-bond acceptors (Lipinski definition) is 6. The zero-order valence-electron chi connectivity index (χ0n) is 16.9. The van der Waals surface area contributed by atoms with E-state index in [1.165, 1.54) is 0 Å². The number of carbonyl (C=O) groups excluding carboxylic acids is 1. The molecule has 4 rings (SSSR count). The fourth-order valence-corrected chi connectivity index (χ4v) is 2.90. The summed E-state index contributed by atoms with van der Waals surface area (Å²) in [5.41, 5.74) is 2.15. The van der Waals surface area contributed by atoms with Crippen molar-refractivity contribution in [2.24, 2.45) is 0 Å². The Bertz CT molecular complexity index is 1140. The van der Waals surface area contributed by atoms with Crippen molar-refractivity contribution in [3.05, 3.63) is 102 Å². The van der Waals surface area contributed by atoms with Gasteiger partial charge in [-0.25, -0.2) is 0 Å². The van der Waals surface area contributed by atoms with Crippen LogP contribution >= 0.6 is 0 Å². The van der Waals surface area contributed by atoms with Gasteiger partial charge in [0.15, 0.2) is 6.61 Å². The molecule has 156 valence electrons. The molecule has 0 aliphatic rings. The number of benzene rings is 3. The van der Waals surface area contributed by atoms with E-state index in [2.05, 4.69) is 15.5 Å². The predicted molar refractivity (Wildman–Crippen MR) is 115 cm³/mol. The van der Waals surface area contributed by atoms with Crippen molar-refractivity contribution in [2.45, 2.75) is 20.1 Å². The smallest absolute Gasteiger partial charge is 0.259 e. The molecule has 0 fully saturated rings. The zero-order valence-corrected chi connectivity index (χ0v) is 16.9. The van der Waals surface area contributed by atoms with Crippen LogP contribution in [0.2, 0.25) is 0 Å². The average Bonchev–Trinajstić information content (AvgIpc) is 3.23. The van der Waals surface area contributed by atoms with Gasteiger partial charge >= 0.3 is 0 Å². The number of para-hydroxylation sites is 1. The van der Waals surface area contributed by atoms with Crippen LogP contribution in [0.15, 0.2) is 83.4 Å². The summed E-state index contributed by atoms with van der Waals surface area (Å²) in [5.74, 6) is 1.75. The molecular weight excluding hydrogens is 394 g/mol. The van der Waals surface area contributed by atoms with Crippen molar-refractivity contribution in [3.63, 3.8) is 0 Å². The monoisotopic (exact) mass is 415 g/mol. The maximum Gasteiger partial charge on any atom is 0.259 e. The Hall–Kier alpha value is -4.13. The van der Waals surface area contributed by atoms with E-state index in [1.807, 2.05) is 42.5 Å². The molecule has 0 unspecified atom stereocenters. The summed E-state index contributed by atoms with van der Waals surface area (Å²) in [6, 6.07) is 24.2. The third kappa shape index (κ3) is 5.48. The van der Waals surface area contributed by atoms with E-state index in [4.69, 9.17) is 14.0 Å². The van der Waals surface area contributed by atoms with Crippen LogP contribution in [-0.2, 0) is 13.2 Å². The summed E-state index contributed by atoms with van der Waals surface area (Å²) >= 11 is 0. The van der Waals surface area contributed by atoms with Gasteiger partial charge in [0, 0.05) is 12.6 Å². The minimum absolute atomic E-state index is 0.106. The van der Waals surface area contributed by atoms with Crippen molar-refractivity contribution < 1.29 is 18.8 Å².